The molecule has 1 amide bonds. The van der Waals surface area contributed by atoms with Crippen LogP contribution in [0.5, 0.6) is 6.01 Å². The average molecular weight is 610 g/mol. The molecule has 2 atom stereocenters. The molecule has 4 aromatic rings. The summed E-state index contributed by atoms with van der Waals surface area (Å²) in [5, 5.41) is 1.44. The summed E-state index contributed by atoms with van der Waals surface area (Å²) in [7, 11) is 2.05. The molecular weight excluding hydrogens is 579 g/mol. The summed E-state index contributed by atoms with van der Waals surface area (Å²) >= 11 is 6.38. The second kappa shape index (κ2) is 11.7. The Morgan fingerprint density at radius 2 is 1.91 bits per heavy atom. The van der Waals surface area contributed by atoms with Crippen molar-refractivity contribution in [2.24, 2.45) is 0 Å². The van der Waals surface area contributed by atoms with E-state index in [0.29, 0.717) is 46.2 Å². The Morgan fingerprint density at radius 3 is 2.63 bits per heavy atom. The fourth-order valence-corrected chi connectivity index (χ4v) is 6.40. The van der Waals surface area contributed by atoms with E-state index >= 15 is 4.39 Å². The lowest BCUT2D eigenvalue weighted by atomic mass is 9.96. The second-order valence-corrected chi connectivity index (χ2v) is 11.6. The minimum absolute atomic E-state index is 0.0853. The predicted octanol–water partition coefficient (Wildman–Crippen LogP) is 6.37. The Morgan fingerprint density at radius 1 is 1.09 bits per heavy atom. The Balaban J connectivity index is 1.46. The van der Waals surface area contributed by atoms with Crippen LogP contribution in [0, 0.1) is 11.6 Å². The number of nitrogens with zero attached hydrogens (tertiary/aromatic N) is 5. The zero-order valence-electron chi connectivity index (χ0n) is 23.9. The SMILES string of the molecule is C=C(F)C(=O)N1CCN(c2nc(OC[C@@H]3CCCN3C)nc3cc(-c4cccc5ccc(F)c(Cl)c45)c(F)cc23)[C@@H](C)C1. The lowest BCUT2D eigenvalue weighted by Gasteiger charge is -2.40. The van der Waals surface area contributed by atoms with Gasteiger partial charge in [-0.1, -0.05) is 42.4 Å². The van der Waals surface area contributed by atoms with Crippen molar-refractivity contribution in [2.45, 2.75) is 31.8 Å². The van der Waals surface area contributed by atoms with Crippen molar-refractivity contribution in [3.8, 4) is 17.1 Å². The molecule has 2 fully saturated rings. The van der Waals surface area contributed by atoms with E-state index in [1.54, 1.807) is 30.3 Å². The maximum Gasteiger partial charge on any atom is 0.319 e. The van der Waals surface area contributed by atoms with Crippen LogP contribution in [0.4, 0.5) is 19.0 Å². The minimum atomic E-state index is -1.01. The molecule has 0 unspecified atom stereocenters. The summed E-state index contributed by atoms with van der Waals surface area (Å²) in [5.74, 6) is -2.45. The van der Waals surface area contributed by atoms with E-state index in [4.69, 9.17) is 21.3 Å². The molecule has 7 nitrogen and oxygen atoms in total. The molecule has 2 saturated heterocycles. The molecule has 0 saturated carbocycles. The first-order valence-corrected chi connectivity index (χ1v) is 14.6. The van der Waals surface area contributed by atoms with Gasteiger partial charge in [0.05, 0.1) is 10.5 Å². The fraction of sp³-hybridized carbons (Fsp3) is 0.344. The number of rotatable bonds is 6. The highest BCUT2D eigenvalue weighted by Gasteiger charge is 2.31. The number of hydrogen-bond acceptors (Lipinski definition) is 6. The van der Waals surface area contributed by atoms with Gasteiger partial charge in [0.15, 0.2) is 5.83 Å². The van der Waals surface area contributed by atoms with Gasteiger partial charge in [-0.05, 0) is 62.5 Å². The topological polar surface area (TPSA) is 61.8 Å². The number of aromatic nitrogens is 2. The maximum absolute atomic E-state index is 16.0. The highest BCUT2D eigenvalue weighted by Crippen LogP contribution is 2.39. The molecule has 6 rings (SSSR count). The van der Waals surface area contributed by atoms with Crippen molar-refractivity contribution in [2.75, 3.05) is 44.7 Å². The lowest BCUT2D eigenvalue weighted by Crippen LogP contribution is -2.54. The number of halogens is 4. The molecule has 3 aromatic carbocycles. The number of amides is 1. The lowest BCUT2D eigenvalue weighted by molar-refractivity contribution is -0.129. The zero-order valence-corrected chi connectivity index (χ0v) is 24.7. The Hall–Kier alpha value is -3.89. The standard InChI is InChI=1S/C32H31ClF3N5O2/c1-18-16-40(31(42)19(2)34)12-13-41(18)30-24-14-26(36)23(22-8-4-6-20-9-10-25(35)29(33)28(20)22)15-27(24)37-32(38-30)43-17-21-7-5-11-39(21)3/h4,6,8-10,14-15,18,21H,2,5,7,11-13,16-17H2,1,3H3/t18-,21-/m0/s1. The number of hydrogen-bond donors (Lipinski definition) is 0. The molecule has 0 spiro atoms. The molecule has 2 aliphatic heterocycles. The van der Waals surface area contributed by atoms with Crippen LogP contribution in [0.15, 0.2) is 54.9 Å². The first-order valence-electron chi connectivity index (χ1n) is 14.2. The predicted molar refractivity (Wildman–Crippen MR) is 162 cm³/mol. The molecule has 224 valence electrons. The van der Waals surface area contributed by atoms with Crippen LogP contribution in [0.25, 0.3) is 32.8 Å². The van der Waals surface area contributed by atoms with E-state index in [-0.39, 0.29) is 41.8 Å². The van der Waals surface area contributed by atoms with Gasteiger partial charge in [-0.3, -0.25) is 4.79 Å². The Bertz CT molecular complexity index is 1750. The third kappa shape index (κ3) is 5.49. The van der Waals surface area contributed by atoms with Crippen molar-refractivity contribution in [1.29, 1.82) is 0 Å². The van der Waals surface area contributed by atoms with Crippen LogP contribution < -0.4 is 9.64 Å². The largest absolute Gasteiger partial charge is 0.462 e. The van der Waals surface area contributed by atoms with E-state index in [1.807, 2.05) is 11.8 Å². The summed E-state index contributed by atoms with van der Waals surface area (Å²) in [4.78, 5) is 27.2. The maximum atomic E-state index is 16.0. The molecule has 0 aliphatic carbocycles. The highest BCUT2D eigenvalue weighted by molar-refractivity contribution is 6.37. The average Bonchev–Trinajstić information content (AvgIpc) is 3.41. The monoisotopic (exact) mass is 609 g/mol. The van der Waals surface area contributed by atoms with Gasteiger partial charge < -0.3 is 19.4 Å². The summed E-state index contributed by atoms with van der Waals surface area (Å²) in [6.45, 7) is 7.20. The summed E-state index contributed by atoms with van der Waals surface area (Å²) < 4.78 is 50.2. The van der Waals surface area contributed by atoms with E-state index in [2.05, 4.69) is 23.5 Å². The number of benzene rings is 3. The molecule has 0 bridgehead atoms. The first kappa shape index (κ1) is 29.2. The van der Waals surface area contributed by atoms with Gasteiger partial charge in [-0.15, -0.1) is 0 Å². The smallest absolute Gasteiger partial charge is 0.319 e. The highest BCUT2D eigenvalue weighted by atomic mass is 35.5. The number of anilines is 1. The van der Waals surface area contributed by atoms with Crippen molar-refractivity contribution in [3.05, 3.63) is 71.5 Å². The summed E-state index contributed by atoms with van der Waals surface area (Å²) in [6.07, 6.45) is 2.08. The van der Waals surface area contributed by atoms with Crippen LogP contribution in [-0.4, -0.2) is 77.6 Å². The summed E-state index contributed by atoms with van der Waals surface area (Å²) in [6, 6.07) is 11.2. The number of piperazine rings is 1. The van der Waals surface area contributed by atoms with Crippen LogP contribution in [0.2, 0.25) is 5.02 Å². The quantitative estimate of drug-likeness (QED) is 0.237. The van der Waals surface area contributed by atoms with Gasteiger partial charge in [0.25, 0.3) is 5.91 Å². The molecular formula is C32H31ClF3N5O2. The number of likely N-dealkylation sites (N-methyl/N-ethyl adjacent to an activating group) is 1. The number of carbonyl (C=O) groups excluding carboxylic acids is 1. The third-order valence-electron chi connectivity index (χ3n) is 8.46. The van der Waals surface area contributed by atoms with Crippen molar-refractivity contribution in [1.82, 2.24) is 19.8 Å². The van der Waals surface area contributed by atoms with E-state index < -0.39 is 23.4 Å². The molecule has 0 radical (unpaired) electrons. The number of fused-ring (bicyclic) bond motifs is 2. The van der Waals surface area contributed by atoms with E-state index in [0.717, 1.165) is 19.4 Å². The van der Waals surface area contributed by atoms with Gasteiger partial charge in [-0.2, -0.15) is 9.97 Å². The second-order valence-electron chi connectivity index (χ2n) is 11.2. The Kier molecular flexibility index (Phi) is 7.91. The van der Waals surface area contributed by atoms with Crippen LogP contribution >= 0.6 is 11.6 Å². The van der Waals surface area contributed by atoms with Gasteiger partial charge >= 0.3 is 6.01 Å². The van der Waals surface area contributed by atoms with E-state index in [1.165, 1.54) is 17.0 Å². The molecule has 0 N–H and O–H groups in total. The summed E-state index contributed by atoms with van der Waals surface area (Å²) in [5.41, 5.74) is 1.08. The first-order chi connectivity index (χ1) is 20.6. The van der Waals surface area contributed by atoms with Gasteiger partial charge in [-0.25, -0.2) is 13.2 Å². The van der Waals surface area contributed by atoms with Crippen molar-refractivity contribution >= 4 is 45.0 Å². The van der Waals surface area contributed by atoms with Crippen LogP contribution in [0.1, 0.15) is 19.8 Å². The molecule has 11 heteroatoms. The van der Waals surface area contributed by atoms with Gasteiger partial charge in [0.1, 0.15) is 24.1 Å². The number of carbonyl (C=O) groups is 1. The Labute approximate surface area is 252 Å². The van der Waals surface area contributed by atoms with Crippen molar-refractivity contribution < 1.29 is 22.7 Å². The third-order valence-corrected chi connectivity index (χ3v) is 8.83. The minimum Gasteiger partial charge on any atom is -0.462 e. The molecule has 3 heterocycles. The normalized spacial score (nSPS) is 19.4. The number of likely N-dealkylation sites (tertiary alicyclic amines) is 1. The van der Waals surface area contributed by atoms with Crippen LogP contribution in [-0.2, 0) is 4.79 Å². The van der Waals surface area contributed by atoms with Crippen molar-refractivity contribution in [3.63, 3.8) is 0 Å². The van der Waals surface area contributed by atoms with Gasteiger partial charge in [0.2, 0.25) is 0 Å². The van der Waals surface area contributed by atoms with Crippen LogP contribution in [0.3, 0.4) is 0 Å². The van der Waals surface area contributed by atoms with Gasteiger partial charge in [0, 0.05) is 48.1 Å². The molecule has 2 aliphatic rings. The van der Waals surface area contributed by atoms with E-state index in [9.17, 15) is 13.6 Å². The zero-order chi connectivity index (χ0) is 30.4. The molecule has 1 aromatic heterocycles. The fourth-order valence-electron chi connectivity index (χ4n) is 6.13. The number of ether oxygens (including phenoxy) is 1. The molecule has 43 heavy (non-hydrogen) atoms.